The van der Waals surface area contributed by atoms with Gasteiger partial charge < -0.3 is 10.2 Å². The summed E-state index contributed by atoms with van der Waals surface area (Å²) in [7, 11) is 0. The van der Waals surface area contributed by atoms with Crippen molar-refractivity contribution in [3.8, 4) is 6.07 Å². The zero-order valence-electron chi connectivity index (χ0n) is 13.9. The highest BCUT2D eigenvalue weighted by molar-refractivity contribution is 5.59. The van der Waals surface area contributed by atoms with E-state index in [-0.39, 0.29) is 0 Å². The predicted octanol–water partition coefficient (Wildman–Crippen LogP) is 3.30. The van der Waals surface area contributed by atoms with Gasteiger partial charge in [-0.05, 0) is 27.2 Å². The molecule has 1 aromatic heterocycles. The van der Waals surface area contributed by atoms with Gasteiger partial charge in [0, 0.05) is 31.1 Å². The average Bonchev–Trinajstić information content (AvgIpc) is 2.47. The molecule has 0 aliphatic carbocycles. The van der Waals surface area contributed by atoms with Gasteiger partial charge in [0.25, 0.3) is 0 Å². The maximum Gasteiger partial charge on any atom is 0.137 e. The average molecular weight is 289 g/mol. The smallest absolute Gasteiger partial charge is 0.137 e. The van der Waals surface area contributed by atoms with Gasteiger partial charge in [-0.1, -0.05) is 13.8 Å². The summed E-state index contributed by atoms with van der Waals surface area (Å²) in [5.74, 6) is 2.71. The third kappa shape index (κ3) is 4.59. The molecule has 1 aromatic rings. The number of anilines is 2. The molecule has 5 heteroatoms. The highest BCUT2D eigenvalue weighted by Gasteiger charge is 2.18. The van der Waals surface area contributed by atoms with Crippen LogP contribution in [-0.2, 0) is 6.42 Å². The van der Waals surface area contributed by atoms with Crippen molar-refractivity contribution in [2.75, 3.05) is 23.3 Å². The van der Waals surface area contributed by atoms with E-state index in [1.165, 1.54) is 0 Å². The summed E-state index contributed by atoms with van der Waals surface area (Å²) in [6.07, 6.45) is 2.36. The number of hydrogen-bond acceptors (Lipinski definition) is 5. The second-order valence-electron chi connectivity index (χ2n) is 5.41. The molecule has 116 valence electrons. The van der Waals surface area contributed by atoms with Crippen molar-refractivity contribution < 1.29 is 0 Å². The minimum absolute atomic E-state index is 0.302. The van der Waals surface area contributed by atoms with E-state index < -0.39 is 0 Å². The number of nitrogens with zero attached hydrogens (tertiary/aromatic N) is 4. The molecule has 0 bridgehead atoms. The van der Waals surface area contributed by atoms with Gasteiger partial charge in [0.2, 0.25) is 0 Å². The largest absolute Gasteiger partial charge is 0.370 e. The molecule has 1 N–H and O–H groups in total. The summed E-state index contributed by atoms with van der Waals surface area (Å²) in [6.45, 7) is 12.1. The van der Waals surface area contributed by atoms with E-state index in [1.807, 2.05) is 0 Å². The standard InChI is InChI=1S/C16H27N5/c1-6-10-18-15-13(5)16(20-14(7-2)19-15)21(12(3)4)11-8-9-17/h12H,6-8,10-11H2,1-5H3,(H,18,19,20). The second-order valence-corrected chi connectivity index (χ2v) is 5.41. The van der Waals surface area contributed by atoms with Gasteiger partial charge >= 0.3 is 0 Å². The van der Waals surface area contributed by atoms with Gasteiger partial charge in [-0.3, -0.25) is 0 Å². The Morgan fingerprint density at radius 3 is 2.52 bits per heavy atom. The van der Waals surface area contributed by atoms with Crippen molar-refractivity contribution in [1.29, 1.82) is 5.26 Å². The first kappa shape index (κ1) is 17.2. The topological polar surface area (TPSA) is 64.8 Å². The van der Waals surface area contributed by atoms with Crippen LogP contribution >= 0.6 is 0 Å². The Labute approximate surface area is 128 Å². The molecule has 0 aliphatic heterocycles. The van der Waals surface area contributed by atoms with Crippen LogP contribution in [0, 0.1) is 18.3 Å². The van der Waals surface area contributed by atoms with E-state index in [9.17, 15) is 0 Å². The van der Waals surface area contributed by atoms with Crippen LogP contribution in [0.25, 0.3) is 0 Å². The van der Waals surface area contributed by atoms with Crippen LogP contribution in [0.2, 0.25) is 0 Å². The van der Waals surface area contributed by atoms with Crippen LogP contribution in [0.5, 0.6) is 0 Å². The first-order valence-corrected chi connectivity index (χ1v) is 7.80. The van der Waals surface area contributed by atoms with Gasteiger partial charge in [0.1, 0.15) is 17.5 Å². The van der Waals surface area contributed by atoms with Crippen LogP contribution in [0.3, 0.4) is 0 Å². The molecule has 1 rings (SSSR count). The van der Waals surface area contributed by atoms with Crippen LogP contribution < -0.4 is 10.2 Å². The lowest BCUT2D eigenvalue weighted by Crippen LogP contribution is -2.33. The number of hydrogen-bond donors (Lipinski definition) is 1. The zero-order chi connectivity index (χ0) is 15.8. The van der Waals surface area contributed by atoms with Crippen LogP contribution in [-0.4, -0.2) is 29.1 Å². The highest BCUT2D eigenvalue weighted by atomic mass is 15.2. The van der Waals surface area contributed by atoms with E-state index in [4.69, 9.17) is 10.2 Å². The lowest BCUT2D eigenvalue weighted by atomic mass is 10.2. The number of aromatic nitrogens is 2. The molecule has 0 aliphatic rings. The molecule has 0 aromatic carbocycles. The SMILES string of the molecule is CCCNc1nc(CC)nc(N(CCC#N)C(C)C)c1C. The molecule has 0 saturated heterocycles. The molecular weight excluding hydrogens is 262 g/mol. The minimum atomic E-state index is 0.302. The Morgan fingerprint density at radius 2 is 2.00 bits per heavy atom. The fourth-order valence-electron chi connectivity index (χ4n) is 2.18. The lowest BCUT2D eigenvalue weighted by Gasteiger charge is -2.29. The van der Waals surface area contributed by atoms with Crippen molar-refractivity contribution in [3.63, 3.8) is 0 Å². The number of nitriles is 1. The van der Waals surface area contributed by atoms with Crippen LogP contribution in [0.4, 0.5) is 11.6 Å². The maximum atomic E-state index is 8.86. The Bertz CT molecular complexity index is 490. The van der Waals surface area contributed by atoms with Crippen molar-refractivity contribution in [1.82, 2.24) is 9.97 Å². The van der Waals surface area contributed by atoms with Gasteiger partial charge in [0.15, 0.2) is 0 Å². The highest BCUT2D eigenvalue weighted by Crippen LogP contribution is 2.25. The zero-order valence-corrected chi connectivity index (χ0v) is 13.9. The number of rotatable bonds is 8. The van der Waals surface area contributed by atoms with Crippen molar-refractivity contribution in [2.45, 2.75) is 59.9 Å². The summed E-state index contributed by atoms with van der Waals surface area (Å²) in [5, 5.41) is 12.2. The third-order valence-corrected chi connectivity index (χ3v) is 3.39. The normalized spacial score (nSPS) is 10.5. The van der Waals surface area contributed by atoms with Gasteiger partial charge in [-0.25, -0.2) is 9.97 Å². The van der Waals surface area contributed by atoms with Crippen LogP contribution in [0.15, 0.2) is 0 Å². The van der Waals surface area contributed by atoms with Crippen molar-refractivity contribution >= 4 is 11.6 Å². The third-order valence-electron chi connectivity index (χ3n) is 3.39. The molecule has 0 atom stereocenters. The molecule has 1 heterocycles. The minimum Gasteiger partial charge on any atom is -0.370 e. The Hall–Kier alpha value is -1.83. The molecule has 0 fully saturated rings. The summed E-state index contributed by atoms with van der Waals surface area (Å²) >= 11 is 0. The molecule has 0 radical (unpaired) electrons. The molecule has 0 unspecified atom stereocenters. The number of nitrogens with one attached hydrogen (secondary N) is 1. The van der Waals surface area contributed by atoms with Gasteiger partial charge in [-0.15, -0.1) is 0 Å². The molecule has 21 heavy (non-hydrogen) atoms. The van der Waals surface area contributed by atoms with E-state index in [1.54, 1.807) is 0 Å². The molecule has 5 nitrogen and oxygen atoms in total. The van der Waals surface area contributed by atoms with Crippen LogP contribution in [0.1, 0.15) is 51.9 Å². The number of aryl methyl sites for hydroxylation is 1. The van der Waals surface area contributed by atoms with E-state index in [0.717, 1.165) is 42.4 Å². The van der Waals surface area contributed by atoms with Crippen molar-refractivity contribution in [2.24, 2.45) is 0 Å². The van der Waals surface area contributed by atoms with Crippen molar-refractivity contribution in [3.05, 3.63) is 11.4 Å². The quantitative estimate of drug-likeness (QED) is 0.795. The summed E-state index contributed by atoms with van der Waals surface area (Å²) in [6, 6.07) is 2.52. The second kappa shape index (κ2) is 8.46. The first-order chi connectivity index (χ1) is 10.0. The lowest BCUT2D eigenvalue weighted by molar-refractivity contribution is 0.669. The summed E-state index contributed by atoms with van der Waals surface area (Å²) in [5.41, 5.74) is 1.06. The molecular formula is C16H27N5. The fraction of sp³-hybridized carbons (Fsp3) is 0.688. The fourth-order valence-corrected chi connectivity index (χ4v) is 2.18. The summed E-state index contributed by atoms with van der Waals surface area (Å²) in [4.78, 5) is 11.5. The first-order valence-electron chi connectivity index (χ1n) is 7.80. The van der Waals surface area contributed by atoms with Gasteiger partial charge in [0.05, 0.1) is 12.5 Å². The predicted molar refractivity (Wildman–Crippen MR) is 87.6 cm³/mol. The molecule has 0 spiro atoms. The van der Waals surface area contributed by atoms with E-state index in [0.29, 0.717) is 19.0 Å². The van der Waals surface area contributed by atoms with E-state index >= 15 is 0 Å². The van der Waals surface area contributed by atoms with E-state index in [2.05, 4.69) is 55.9 Å². The Morgan fingerprint density at radius 1 is 1.29 bits per heavy atom. The molecule has 0 amide bonds. The monoisotopic (exact) mass is 289 g/mol. The molecule has 0 saturated carbocycles. The van der Waals surface area contributed by atoms with Gasteiger partial charge in [-0.2, -0.15) is 5.26 Å². The maximum absolute atomic E-state index is 8.86. The Kier molecular flexibility index (Phi) is 6.93. The Balaban J connectivity index is 3.21. The summed E-state index contributed by atoms with van der Waals surface area (Å²) < 4.78 is 0.